The van der Waals surface area contributed by atoms with E-state index in [0.717, 1.165) is 0 Å². The van der Waals surface area contributed by atoms with Crippen LogP contribution in [0.2, 0.25) is 0 Å². The topological polar surface area (TPSA) is 125 Å². The van der Waals surface area contributed by atoms with E-state index in [1.54, 1.807) is 17.1 Å². The van der Waals surface area contributed by atoms with Crippen molar-refractivity contribution in [3.8, 4) is 11.9 Å². The maximum atomic E-state index is 14.6. The predicted molar refractivity (Wildman–Crippen MR) is 110 cm³/mol. The zero-order chi connectivity index (χ0) is 22.0. The third-order valence-corrected chi connectivity index (χ3v) is 5.06. The van der Waals surface area contributed by atoms with Crippen LogP contribution in [0.1, 0.15) is 18.9 Å². The standard InChI is InChI=1S/C20H21FN8O2/c1-3-16(30)28-6-5-14(21)15(11-28)31-19-17-12(7-22)8-23-18(17)26-20(27-19)25-13-9-24-29(4-2)10-13/h3,8-10,14-15H,1,4-6,11H2,2H3,(H2,23,25,26,27)/t14-,15-/m0/s1. The van der Waals surface area contributed by atoms with Crippen molar-refractivity contribution < 1.29 is 13.9 Å². The number of amides is 1. The van der Waals surface area contributed by atoms with Crippen LogP contribution in [0, 0.1) is 11.3 Å². The van der Waals surface area contributed by atoms with Crippen LogP contribution in [0.5, 0.6) is 5.88 Å². The second kappa shape index (κ2) is 8.43. The summed E-state index contributed by atoms with van der Waals surface area (Å²) in [5, 5.41) is 17.0. The van der Waals surface area contributed by atoms with Crippen molar-refractivity contribution in [3.05, 3.63) is 36.8 Å². The van der Waals surface area contributed by atoms with E-state index in [1.165, 1.54) is 17.2 Å². The van der Waals surface area contributed by atoms with E-state index >= 15 is 0 Å². The van der Waals surface area contributed by atoms with Gasteiger partial charge in [-0.15, -0.1) is 0 Å². The van der Waals surface area contributed by atoms with E-state index in [1.807, 2.05) is 6.92 Å². The van der Waals surface area contributed by atoms with Gasteiger partial charge in [0, 0.05) is 25.5 Å². The van der Waals surface area contributed by atoms with Crippen LogP contribution >= 0.6 is 0 Å². The first kappa shape index (κ1) is 20.3. The van der Waals surface area contributed by atoms with Crippen molar-refractivity contribution in [2.24, 2.45) is 0 Å². The summed E-state index contributed by atoms with van der Waals surface area (Å²) >= 11 is 0. The van der Waals surface area contributed by atoms with Gasteiger partial charge in [0.05, 0.1) is 29.4 Å². The lowest BCUT2D eigenvalue weighted by atomic mass is 10.1. The summed E-state index contributed by atoms with van der Waals surface area (Å²) in [6, 6.07) is 2.06. The molecule has 4 heterocycles. The van der Waals surface area contributed by atoms with Crippen molar-refractivity contribution in [3.63, 3.8) is 0 Å². The number of nitriles is 1. The second-order valence-electron chi connectivity index (χ2n) is 7.05. The first-order valence-electron chi connectivity index (χ1n) is 9.83. The van der Waals surface area contributed by atoms with Gasteiger partial charge in [0.1, 0.15) is 24.0 Å². The highest BCUT2D eigenvalue weighted by atomic mass is 19.1. The Kier molecular flexibility index (Phi) is 5.53. The largest absolute Gasteiger partial charge is 0.469 e. The Morgan fingerprint density at radius 1 is 1.55 bits per heavy atom. The SMILES string of the molecule is C=CC(=O)N1CC[C@H](F)[C@@H](Oc2nc(Nc3cnn(CC)c3)nc3[nH]cc(C#N)c23)C1. The third kappa shape index (κ3) is 4.05. The minimum absolute atomic E-state index is 0.0514. The van der Waals surface area contributed by atoms with Gasteiger partial charge in [-0.05, 0) is 19.4 Å². The molecule has 0 aromatic carbocycles. The average molecular weight is 424 g/mol. The van der Waals surface area contributed by atoms with E-state index in [9.17, 15) is 14.4 Å². The van der Waals surface area contributed by atoms with Crippen molar-refractivity contribution in [1.29, 1.82) is 5.26 Å². The highest BCUT2D eigenvalue weighted by Gasteiger charge is 2.33. The molecule has 1 amide bonds. The van der Waals surface area contributed by atoms with Gasteiger partial charge >= 0.3 is 0 Å². The number of piperidine rings is 1. The van der Waals surface area contributed by atoms with Crippen molar-refractivity contribution in [1.82, 2.24) is 29.6 Å². The number of likely N-dealkylation sites (tertiary alicyclic amines) is 1. The van der Waals surface area contributed by atoms with Crippen LogP contribution in [-0.2, 0) is 11.3 Å². The molecule has 1 aliphatic heterocycles. The molecule has 31 heavy (non-hydrogen) atoms. The quantitative estimate of drug-likeness (QED) is 0.582. The number of H-pyrrole nitrogens is 1. The van der Waals surface area contributed by atoms with E-state index in [2.05, 4.69) is 38.0 Å². The number of hydrogen-bond acceptors (Lipinski definition) is 7. The number of ether oxygens (including phenoxy) is 1. The summed E-state index contributed by atoms with van der Waals surface area (Å²) in [7, 11) is 0. The maximum absolute atomic E-state index is 14.6. The van der Waals surface area contributed by atoms with E-state index in [0.29, 0.717) is 23.3 Å². The van der Waals surface area contributed by atoms with Gasteiger partial charge < -0.3 is 19.9 Å². The Balaban J connectivity index is 1.67. The molecule has 11 heteroatoms. The molecule has 1 fully saturated rings. The molecule has 2 atom stereocenters. The van der Waals surface area contributed by atoms with Crippen LogP contribution in [0.4, 0.5) is 16.0 Å². The van der Waals surface area contributed by atoms with E-state index < -0.39 is 12.3 Å². The number of alkyl halides is 1. The fourth-order valence-corrected chi connectivity index (χ4v) is 3.43. The molecular weight excluding hydrogens is 403 g/mol. The molecule has 0 unspecified atom stereocenters. The molecule has 2 N–H and O–H groups in total. The Morgan fingerprint density at radius 3 is 3.10 bits per heavy atom. The first-order valence-corrected chi connectivity index (χ1v) is 9.83. The lowest BCUT2D eigenvalue weighted by Gasteiger charge is -2.34. The highest BCUT2D eigenvalue weighted by molar-refractivity contribution is 5.89. The van der Waals surface area contributed by atoms with Gasteiger partial charge in [0.2, 0.25) is 17.7 Å². The lowest BCUT2D eigenvalue weighted by molar-refractivity contribution is -0.130. The monoisotopic (exact) mass is 424 g/mol. The summed E-state index contributed by atoms with van der Waals surface area (Å²) in [6.45, 7) is 6.48. The molecule has 1 aliphatic rings. The van der Waals surface area contributed by atoms with Crippen LogP contribution in [0.15, 0.2) is 31.2 Å². The summed E-state index contributed by atoms with van der Waals surface area (Å²) in [5.74, 6) is -0.0218. The summed E-state index contributed by atoms with van der Waals surface area (Å²) in [4.78, 5) is 25.1. The second-order valence-corrected chi connectivity index (χ2v) is 7.05. The zero-order valence-corrected chi connectivity index (χ0v) is 16.9. The lowest BCUT2D eigenvalue weighted by Crippen LogP contribution is -2.49. The van der Waals surface area contributed by atoms with Gasteiger partial charge in [0.15, 0.2) is 0 Å². The van der Waals surface area contributed by atoms with Gasteiger partial charge in [-0.2, -0.15) is 20.3 Å². The Hall–Kier alpha value is -3.94. The molecular formula is C20H21FN8O2. The Bertz CT molecular complexity index is 1160. The number of aryl methyl sites for hydroxylation is 1. The number of anilines is 2. The molecule has 0 aliphatic carbocycles. The first-order chi connectivity index (χ1) is 15.0. The number of nitrogens with one attached hydrogen (secondary N) is 2. The maximum Gasteiger partial charge on any atom is 0.246 e. The number of carbonyl (C=O) groups is 1. The molecule has 0 saturated carbocycles. The number of hydrogen-bond donors (Lipinski definition) is 2. The van der Waals surface area contributed by atoms with Crippen LogP contribution in [0.3, 0.4) is 0 Å². The minimum atomic E-state index is -1.29. The number of aromatic amines is 1. The minimum Gasteiger partial charge on any atom is -0.469 e. The third-order valence-electron chi connectivity index (χ3n) is 5.06. The molecule has 0 spiro atoms. The summed E-state index contributed by atoms with van der Waals surface area (Å²) in [5.41, 5.74) is 1.32. The molecule has 1 saturated heterocycles. The smallest absolute Gasteiger partial charge is 0.246 e. The molecule has 0 bridgehead atoms. The van der Waals surface area contributed by atoms with Crippen LogP contribution < -0.4 is 10.1 Å². The number of fused-ring (bicyclic) bond motifs is 1. The number of carbonyl (C=O) groups excluding carboxylic acids is 1. The molecule has 4 rings (SSSR count). The van der Waals surface area contributed by atoms with Crippen molar-refractivity contribution >= 4 is 28.6 Å². The Labute approximate surface area is 177 Å². The Morgan fingerprint density at radius 2 is 2.39 bits per heavy atom. The van der Waals surface area contributed by atoms with Gasteiger partial charge in [0.25, 0.3) is 0 Å². The van der Waals surface area contributed by atoms with Gasteiger partial charge in [-0.25, -0.2) is 4.39 Å². The fourth-order valence-electron chi connectivity index (χ4n) is 3.43. The number of halogens is 1. The van der Waals surface area contributed by atoms with E-state index in [-0.39, 0.29) is 42.8 Å². The average Bonchev–Trinajstić information content (AvgIpc) is 3.41. The van der Waals surface area contributed by atoms with E-state index in [4.69, 9.17) is 4.74 Å². The van der Waals surface area contributed by atoms with Crippen molar-refractivity contribution in [2.45, 2.75) is 32.2 Å². The number of rotatable bonds is 6. The number of aromatic nitrogens is 5. The van der Waals surface area contributed by atoms with Gasteiger partial charge in [-0.1, -0.05) is 6.58 Å². The molecule has 10 nitrogen and oxygen atoms in total. The fraction of sp³-hybridized carbons (Fsp3) is 0.350. The molecule has 160 valence electrons. The highest BCUT2D eigenvalue weighted by Crippen LogP contribution is 2.30. The molecule has 0 radical (unpaired) electrons. The van der Waals surface area contributed by atoms with Crippen LogP contribution in [0.25, 0.3) is 11.0 Å². The van der Waals surface area contributed by atoms with Crippen molar-refractivity contribution in [2.75, 3.05) is 18.4 Å². The van der Waals surface area contributed by atoms with Gasteiger partial charge in [-0.3, -0.25) is 9.48 Å². The summed E-state index contributed by atoms with van der Waals surface area (Å²) in [6.07, 6.45) is 4.02. The normalized spacial score (nSPS) is 18.5. The molecule has 3 aromatic rings. The summed E-state index contributed by atoms with van der Waals surface area (Å²) < 4.78 is 22.3. The predicted octanol–water partition coefficient (Wildman–Crippen LogP) is 2.29. The molecule has 3 aromatic heterocycles. The van der Waals surface area contributed by atoms with Crippen LogP contribution in [-0.4, -0.2) is 60.9 Å². The zero-order valence-electron chi connectivity index (χ0n) is 16.9. The number of nitrogens with zero attached hydrogens (tertiary/aromatic N) is 6.